The Labute approximate surface area is 146 Å². The number of hydrogen-bond donors (Lipinski definition) is 1. The maximum absolute atomic E-state index is 12.0. The van der Waals surface area contributed by atoms with Gasteiger partial charge in [-0.15, -0.1) is 0 Å². The number of aromatic nitrogens is 1. The van der Waals surface area contributed by atoms with Crippen LogP contribution in [0.1, 0.15) is 11.3 Å². The maximum Gasteiger partial charge on any atom is 0.226 e. The molecule has 2 aromatic carbocycles. The monoisotopic (exact) mass is 336 g/mol. The Kier molecular flexibility index (Phi) is 5.46. The normalized spacial score (nSPS) is 10.4. The average Bonchev–Trinajstić information content (AvgIpc) is 3.11. The van der Waals surface area contributed by atoms with Gasteiger partial charge in [-0.25, -0.2) is 0 Å². The molecule has 0 aliphatic carbocycles. The molecule has 0 aliphatic rings. The van der Waals surface area contributed by atoms with Gasteiger partial charge in [0.25, 0.3) is 0 Å². The molecule has 0 radical (unpaired) electrons. The molecule has 0 saturated heterocycles. The SMILES string of the molecule is COc1cccc(-c2cc(CC(=O)NCCc3ccccc3)no2)c1. The summed E-state index contributed by atoms with van der Waals surface area (Å²) in [6, 6.07) is 19.4. The zero-order valence-corrected chi connectivity index (χ0v) is 14.1. The molecule has 1 heterocycles. The summed E-state index contributed by atoms with van der Waals surface area (Å²) in [6.07, 6.45) is 1.00. The predicted molar refractivity (Wildman–Crippen MR) is 95.4 cm³/mol. The number of amides is 1. The second kappa shape index (κ2) is 8.15. The molecule has 3 aromatic rings. The van der Waals surface area contributed by atoms with Gasteiger partial charge in [0.15, 0.2) is 5.76 Å². The van der Waals surface area contributed by atoms with Crippen LogP contribution in [0.25, 0.3) is 11.3 Å². The Balaban J connectivity index is 1.53. The predicted octanol–water partition coefficient (Wildman–Crippen LogP) is 3.25. The Morgan fingerprint density at radius 3 is 2.76 bits per heavy atom. The summed E-state index contributed by atoms with van der Waals surface area (Å²) in [5.41, 5.74) is 2.67. The second-order valence-electron chi connectivity index (χ2n) is 5.68. The number of rotatable bonds is 7. The molecule has 3 rings (SSSR count). The van der Waals surface area contributed by atoms with E-state index in [2.05, 4.69) is 10.5 Å². The Hall–Kier alpha value is -3.08. The highest BCUT2D eigenvalue weighted by Crippen LogP contribution is 2.24. The highest BCUT2D eigenvalue weighted by Gasteiger charge is 2.11. The van der Waals surface area contributed by atoms with E-state index < -0.39 is 0 Å². The van der Waals surface area contributed by atoms with E-state index in [0.717, 1.165) is 17.7 Å². The molecule has 25 heavy (non-hydrogen) atoms. The van der Waals surface area contributed by atoms with Gasteiger partial charge in [-0.2, -0.15) is 0 Å². The van der Waals surface area contributed by atoms with E-state index in [1.54, 1.807) is 13.2 Å². The van der Waals surface area contributed by atoms with Gasteiger partial charge in [-0.3, -0.25) is 4.79 Å². The van der Waals surface area contributed by atoms with Gasteiger partial charge in [-0.1, -0.05) is 47.6 Å². The molecule has 5 nitrogen and oxygen atoms in total. The summed E-state index contributed by atoms with van der Waals surface area (Å²) in [6.45, 7) is 0.601. The average molecular weight is 336 g/mol. The number of hydrogen-bond acceptors (Lipinski definition) is 4. The van der Waals surface area contributed by atoms with Crippen molar-refractivity contribution >= 4 is 5.91 Å². The number of nitrogens with one attached hydrogen (secondary N) is 1. The first-order valence-corrected chi connectivity index (χ1v) is 8.15. The van der Waals surface area contributed by atoms with Crippen LogP contribution in [0.3, 0.4) is 0 Å². The summed E-state index contributed by atoms with van der Waals surface area (Å²) in [7, 11) is 1.62. The molecule has 1 aromatic heterocycles. The van der Waals surface area contributed by atoms with Crippen LogP contribution in [0.2, 0.25) is 0 Å². The fraction of sp³-hybridized carbons (Fsp3) is 0.200. The fourth-order valence-corrected chi connectivity index (χ4v) is 2.53. The van der Waals surface area contributed by atoms with Gasteiger partial charge >= 0.3 is 0 Å². The largest absolute Gasteiger partial charge is 0.497 e. The van der Waals surface area contributed by atoms with Crippen molar-refractivity contribution in [2.75, 3.05) is 13.7 Å². The molecule has 1 N–H and O–H groups in total. The highest BCUT2D eigenvalue weighted by molar-refractivity contribution is 5.78. The lowest BCUT2D eigenvalue weighted by atomic mass is 10.1. The molecule has 0 fully saturated rings. The van der Waals surface area contributed by atoms with Crippen LogP contribution in [0.4, 0.5) is 0 Å². The standard InChI is InChI=1S/C20H20N2O3/c1-24-18-9-5-8-16(12-18)19-13-17(22-25-19)14-20(23)21-11-10-15-6-3-2-4-7-15/h2-9,12-13H,10-11,14H2,1H3,(H,21,23). The molecule has 0 spiro atoms. The van der Waals surface area contributed by atoms with Crippen LogP contribution in [0.15, 0.2) is 65.2 Å². The van der Waals surface area contributed by atoms with Crippen molar-refractivity contribution in [1.82, 2.24) is 10.5 Å². The minimum atomic E-state index is -0.0681. The smallest absolute Gasteiger partial charge is 0.226 e. The minimum Gasteiger partial charge on any atom is -0.497 e. The van der Waals surface area contributed by atoms with Crippen LogP contribution < -0.4 is 10.1 Å². The van der Waals surface area contributed by atoms with Crippen molar-refractivity contribution in [2.45, 2.75) is 12.8 Å². The lowest BCUT2D eigenvalue weighted by Gasteiger charge is -2.03. The van der Waals surface area contributed by atoms with Crippen molar-refractivity contribution in [3.8, 4) is 17.1 Å². The first-order valence-electron chi connectivity index (χ1n) is 8.15. The van der Waals surface area contributed by atoms with Crippen LogP contribution in [0, 0.1) is 0 Å². The zero-order chi connectivity index (χ0) is 17.5. The molecule has 1 amide bonds. The van der Waals surface area contributed by atoms with Crippen LogP contribution >= 0.6 is 0 Å². The molecule has 0 saturated carbocycles. The maximum atomic E-state index is 12.0. The third-order valence-corrected chi connectivity index (χ3v) is 3.83. The van der Waals surface area contributed by atoms with Gasteiger partial charge in [0, 0.05) is 18.2 Å². The van der Waals surface area contributed by atoms with Gasteiger partial charge in [-0.05, 0) is 24.1 Å². The third-order valence-electron chi connectivity index (χ3n) is 3.83. The zero-order valence-electron chi connectivity index (χ0n) is 14.1. The van der Waals surface area contributed by atoms with Crippen LogP contribution in [0.5, 0.6) is 5.75 Å². The molecular formula is C20H20N2O3. The molecule has 5 heteroatoms. The van der Waals surface area contributed by atoms with Gasteiger partial charge < -0.3 is 14.6 Å². The first kappa shape index (κ1) is 16.8. The molecule has 0 atom stereocenters. The molecular weight excluding hydrogens is 316 g/mol. The van der Waals surface area contributed by atoms with Crippen molar-refractivity contribution in [2.24, 2.45) is 0 Å². The van der Waals surface area contributed by atoms with E-state index in [9.17, 15) is 4.79 Å². The molecule has 128 valence electrons. The summed E-state index contributed by atoms with van der Waals surface area (Å²) in [4.78, 5) is 12.0. The summed E-state index contributed by atoms with van der Waals surface area (Å²) < 4.78 is 10.5. The summed E-state index contributed by atoms with van der Waals surface area (Å²) >= 11 is 0. The summed E-state index contributed by atoms with van der Waals surface area (Å²) in [5, 5.41) is 6.88. The van der Waals surface area contributed by atoms with E-state index in [4.69, 9.17) is 9.26 Å². The van der Waals surface area contributed by atoms with E-state index in [-0.39, 0.29) is 12.3 Å². The number of ether oxygens (including phenoxy) is 1. The summed E-state index contributed by atoms with van der Waals surface area (Å²) in [5.74, 6) is 1.29. The fourth-order valence-electron chi connectivity index (χ4n) is 2.53. The van der Waals surface area contributed by atoms with Gasteiger partial charge in [0.05, 0.1) is 19.2 Å². The Morgan fingerprint density at radius 2 is 1.96 bits per heavy atom. The third kappa shape index (κ3) is 4.70. The quantitative estimate of drug-likeness (QED) is 0.719. The second-order valence-corrected chi connectivity index (χ2v) is 5.68. The minimum absolute atomic E-state index is 0.0681. The number of methoxy groups -OCH3 is 1. The van der Waals surface area contributed by atoms with Crippen molar-refractivity contribution < 1.29 is 14.1 Å². The highest BCUT2D eigenvalue weighted by atomic mass is 16.5. The molecule has 0 aliphatic heterocycles. The number of benzene rings is 2. The van der Waals surface area contributed by atoms with Crippen molar-refractivity contribution in [3.05, 3.63) is 71.9 Å². The molecule has 0 bridgehead atoms. The van der Waals surface area contributed by atoms with E-state index in [0.29, 0.717) is 18.0 Å². The lowest BCUT2D eigenvalue weighted by molar-refractivity contribution is -0.120. The lowest BCUT2D eigenvalue weighted by Crippen LogP contribution is -2.27. The number of carbonyl (C=O) groups excluding carboxylic acids is 1. The Bertz CT molecular complexity index is 828. The van der Waals surface area contributed by atoms with Crippen LogP contribution in [-0.4, -0.2) is 24.7 Å². The van der Waals surface area contributed by atoms with Crippen molar-refractivity contribution in [1.29, 1.82) is 0 Å². The van der Waals surface area contributed by atoms with Gasteiger partial charge in [0.2, 0.25) is 5.91 Å². The van der Waals surface area contributed by atoms with Gasteiger partial charge in [0.1, 0.15) is 5.75 Å². The van der Waals surface area contributed by atoms with E-state index in [1.165, 1.54) is 5.56 Å². The van der Waals surface area contributed by atoms with Crippen LogP contribution in [-0.2, 0) is 17.6 Å². The first-order chi connectivity index (χ1) is 12.2. The van der Waals surface area contributed by atoms with E-state index >= 15 is 0 Å². The van der Waals surface area contributed by atoms with E-state index in [1.807, 2.05) is 54.6 Å². The number of nitrogens with zero attached hydrogens (tertiary/aromatic N) is 1. The topological polar surface area (TPSA) is 64.4 Å². The van der Waals surface area contributed by atoms with Crippen molar-refractivity contribution in [3.63, 3.8) is 0 Å². The number of carbonyl (C=O) groups is 1. The Morgan fingerprint density at radius 1 is 1.12 bits per heavy atom. The molecule has 0 unspecified atom stereocenters.